The van der Waals surface area contributed by atoms with Crippen LogP contribution in [0.4, 0.5) is 29.6 Å². The van der Waals surface area contributed by atoms with E-state index < -0.39 is 229 Å². The molecule has 23 atom stereocenters. The number of aliphatic hydroxyl groups is 1. The summed E-state index contributed by atoms with van der Waals surface area (Å²) in [6.45, 7) is -0.747. The van der Waals surface area contributed by atoms with Gasteiger partial charge in [0, 0.05) is 63.6 Å². The van der Waals surface area contributed by atoms with Gasteiger partial charge in [-0.25, -0.2) is 53.4 Å². The number of phosphoric ester groups is 3. The second-order valence-corrected chi connectivity index (χ2v) is 43.7. The Balaban J connectivity index is 0.526. The first-order valence-electron chi connectivity index (χ1n) is 45.8. The molecule has 17 heterocycles. The number of nitrogens with two attached hydrogens (primary N) is 5. The van der Waals surface area contributed by atoms with Crippen molar-refractivity contribution in [3.63, 3.8) is 0 Å². The first-order chi connectivity index (χ1) is 71.2. The number of hydrogen-bond acceptors (Lipinski definition) is 47. The van der Waals surface area contributed by atoms with Gasteiger partial charge < -0.3 is 109 Å². The minimum atomic E-state index is -5.65. The standard InChI is InChI=1S/C83H96N27O34P5/c1-39-23-105(83(117)104-74(39)112)58-20-48(52(135-58)27-126-24-42-14-15-44(127-25-40-10-6-4-7-11-40)45(16-42)128-26-41-12-8-5-9-13-41)142-147(120,121)132-31-55-50(22-62(138-55)110-38-95-67-73(110)99-82(88)103-78(67)116)144-149(124,125)133-32-56-49(21-61(139-56)109-37-94-66-72(109)98-81(87)102-77(66)115)143-148(122,123)131-30-54-47(19-60(137-54)108-36-93-65-71(108)97-80(86)101-76(65)114)141-146(3,119)130-29-53-46(18-59(136-53)106-34-91-63-68(84)89-33-90-69(63)106)140-145(2,118)129-28-51-43(111)17-57(134-51)107-35-92-64-70(107)96-79(85)100-75(64)113/h4-16,23,33-38,43,46-62,111H,17-22,24-32H2,1-3H3,(H,120,121)(H,122,123)(H,124,125)(H2,84,89,90)(H,104,112,117)(H3,85,96,100,113)(H3,86,97,101,114)(H3,87,98,102,115)(H3,88,99,103,116). The Morgan fingerprint density at radius 2 is 0.711 bits per heavy atom. The van der Waals surface area contributed by atoms with Crippen LogP contribution in [-0.4, -0.2) is 253 Å². The number of aryl methyl sites for hydroxylation is 1. The average molecular weight is 2170 g/mol. The maximum absolute atomic E-state index is 15.1. The van der Waals surface area contributed by atoms with Crippen LogP contribution in [0.3, 0.4) is 0 Å². The van der Waals surface area contributed by atoms with E-state index in [-0.39, 0.29) is 143 Å². The van der Waals surface area contributed by atoms with E-state index in [4.69, 9.17) is 117 Å². The number of ether oxygens (including phenoxy) is 9. The number of benzene rings is 3. The molecule has 20 rings (SSSR count). The monoisotopic (exact) mass is 2170 g/mol. The number of aliphatic hydroxyl groups excluding tert-OH is 1. The third-order valence-corrected chi connectivity index (χ3v) is 30.5. The lowest BCUT2D eigenvalue weighted by atomic mass is 10.2. The highest BCUT2D eigenvalue weighted by molar-refractivity contribution is 7.53. The molecule has 66 heteroatoms. The SMILES string of the molecule is Cc1cn(C2CC(OP(=O)(O)OCC3OC(n4cnc5c(=O)[nH]c(N)nc54)CC3OP(=O)(O)OCC3OC(n4cnc5c(=O)[nH]c(N)nc54)CC3OP(=O)(O)OCC3OC(n4cnc5c(=O)[nH]c(N)nc54)CC3OP(C)(=O)OCC3OC(n4cnc5c(N)ncnc54)CC3OP(C)(=O)OCC3OC(n4cnc5c(=O)[nH]c(N)nc54)CC3O)C(COCc3ccc(OCc4ccccc4)c(OCc4ccccc4)c3)O2)c(=O)[nH]c1=O. The van der Waals surface area contributed by atoms with Crippen LogP contribution in [0, 0.1) is 6.92 Å². The Kier molecular flexibility index (Phi) is 29.3. The molecule has 149 heavy (non-hydrogen) atoms. The van der Waals surface area contributed by atoms with Crippen LogP contribution < -0.4 is 71.6 Å². The largest absolute Gasteiger partial charge is 0.485 e. The van der Waals surface area contributed by atoms with Gasteiger partial charge in [0.2, 0.25) is 23.8 Å². The lowest BCUT2D eigenvalue weighted by Crippen LogP contribution is -2.33. The number of H-pyrrole nitrogens is 5. The number of fused-ring (bicyclic) bond motifs is 5. The molecule has 0 aliphatic carbocycles. The number of rotatable bonds is 41. The van der Waals surface area contributed by atoms with Crippen LogP contribution in [0.1, 0.15) is 98.1 Å². The van der Waals surface area contributed by atoms with Crippen molar-refractivity contribution < 1.29 is 130 Å². The molecule has 14 aromatic rings. The van der Waals surface area contributed by atoms with Crippen LogP contribution in [0.25, 0.3) is 55.8 Å². The average Bonchev–Trinajstić information content (AvgIpc) is 1.63. The third-order valence-electron chi connectivity index (χ3n) is 24.9. The van der Waals surface area contributed by atoms with Gasteiger partial charge in [0.15, 0.2) is 67.6 Å². The maximum Gasteiger partial charge on any atom is 0.472 e. The molecule has 61 nitrogen and oxygen atoms in total. The molecule has 23 unspecified atom stereocenters. The van der Waals surface area contributed by atoms with E-state index in [0.717, 1.165) is 41.7 Å². The maximum atomic E-state index is 15.1. The topological polar surface area (TPSA) is 824 Å². The van der Waals surface area contributed by atoms with Crippen molar-refractivity contribution in [2.24, 2.45) is 0 Å². The fourth-order valence-corrected chi connectivity index (χ4v) is 23.2. The number of phosphoric acid groups is 3. The Morgan fingerprint density at radius 1 is 0.369 bits per heavy atom. The van der Waals surface area contributed by atoms with Gasteiger partial charge in [0.1, 0.15) is 117 Å². The van der Waals surface area contributed by atoms with Crippen molar-refractivity contribution in [3.8, 4) is 11.5 Å². The number of nitrogen functional groups attached to an aromatic ring is 5. The van der Waals surface area contributed by atoms with Gasteiger partial charge in [-0.2, -0.15) is 19.9 Å². The predicted molar refractivity (Wildman–Crippen MR) is 512 cm³/mol. The van der Waals surface area contributed by atoms with Crippen molar-refractivity contribution in [3.05, 3.63) is 208 Å². The molecule has 0 bridgehead atoms. The van der Waals surface area contributed by atoms with Crippen LogP contribution in [0.5, 0.6) is 11.5 Å². The summed E-state index contributed by atoms with van der Waals surface area (Å²) in [5.74, 6) is -0.464. The minimum Gasteiger partial charge on any atom is -0.485 e. The summed E-state index contributed by atoms with van der Waals surface area (Å²) < 4.78 is 198. The smallest absolute Gasteiger partial charge is 0.472 e. The molecule has 6 fully saturated rings. The highest BCUT2D eigenvalue weighted by Crippen LogP contribution is 2.57. The molecular weight excluding hydrogens is 2070 g/mol. The Hall–Kier alpha value is -12.8. The van der Waals surface area contributed by atoms with Crippen LogP contribution in [0.15, 0.2) is 152 Å². The summed E-state index contributed by atoms with van der Waals surface area (Å²) >= 11 is 0. The van der Waals surface area contributed by atoms with Gasteiger partial charge in [-0.3, -0.25) is 113 Å². The zero-order valence-corrected chi connectivity index (χ0v) is 82.8. The molecule has 792 valence electrons. The predicted octanol–water partition coefficient (Wildman–Crippen LogP) is 3.55. The van der Waals surface area contributed by atoms with E-state index in [2.05, 4.69) is 79.7 Å². The van der Waals surface area contributed by atoms with E-state index in [1.165, 1.54) is 61.3 Å². The minimum absolute atomic E-state index is 0.0218. The van der Waals surface area contributed by atoms with Gasteiger partial charge in [-0.1, -0.05) is 66.7 Å². The molecule has 0 saturated carbocycles. The lowest BCUT2D eigenvalue weighted by molar-refractivity contribution is -0.0711. The van der Waals surface area contributed by atoms with E-state index >= 15 is 4.57 Å². The van der Waals surface area contributed by atoms with Crippen molar-refractivity contribution in [2.75, 3.05) is 81.6 Å². The van der Waals surface area contributed by atoms with Gasteiger partial charge >= 0.3 is 44.3 Å². The molecular formula is C83H96N27O34P5. The van der Waals surface area contributed by atoms with E-state index in [0.29, 0.717) is 17.1 Å². The summed E-state index contributed by atoms with van der Waals surface area (Å²) in [7, 11) is -25.6. The van der Waals surface area contributed by atoms with E-state index in [1.54, 1.807) is 18.2 Å². The zero-order chi connectivity index (χ0) is 104. The van der Waals surface area contributed by atoms with Crippen molar-refractivity contribution in [1.29, 1.82) is 0 Å². The number of imidazole rings is 5. The summed E-state index contributed by atoms with van der Waals surface area (Å²) in [5, 5.41) is 11.2. The molecule has 6 saturated heterocycles. The fraction of sp³-hybridized carbons (Fsp3) is 0.434. The molecule has 0 radical (unpaired) electrons. The zero-order valence-electron chi connectivity index (χ0n) is 78.3. The van der Waals surface area contributed by atoms with E-state index in [1.807, 2.05) is 60.7 Å². The fourth-order valence-electron chi connectivity index (χ4n) is 17.9. The summed E-state index contributed by atoms with van der Waals surface area (Å²) in [4.78, 5) is 172. The first-order valence-corrected chi connectivity index (χ1v) is 54.2. The molecule has 0 spiro atoms. The van der Waals surface area contributed by atoms with Crippen molar-refractivity contribution >= 4 is 124 Å². The van der Waals surface area contributed by atoms with Gasteiger partial charge in [-0.05, 0) is 35.7 Å². The summed E-state index contributed by atoms with van der Waals surface area (Å²) in [6, 6.07) is 24.1. The summed E-state index contributed by atoms with van der Waals surface area (Å²) in [5.41, 5.74) is 27.1. The Bertz CT molecular complexity index is 8010. The quantitative estimate of drug-likeness (QED) is 0.0244. The molecule has 3 aromatic carbocycles. The highest BCUT2D eigenvalue weighted by atomic mass is 31.2. The number of hydrogen-bond donors (Lipinski definition) is 14. The van der Waals surface area contributed by atoms with Gasteiger partial charge in [0.05, 0.1) is 96.2 Å². The number of nitrogens with one attached hydrogen (secondary N) is 5. The van der Waals surface area contributed by atoms with Gasteiger partial charge in [-0.15, -0.1) is 0 Å². The number of aromatic amines is 5. The van der Waals surface area contributed by atoms with Crippen molar-refractivity contribution in [2.45, 2.75) is 176 Å². The lowest BCUT2D eigenvalue weighted by Gasteiger charge is -2.27. The normalized spacial score (nSPS) is 26.2. The number of anilines is 5. The Morgan fingerprint density at radius 3 is 1.12 bits per heavy atom. The summed E-state index contributed by atoms with van der Waals surface area (Å²) in [6.07, 6.45) is -18.5. The first kappa shape index (κ1) is 103. The number of nitrogens with zero attached hydrogens (tertiary/aromatic N) is 17. The third kappa shape index (κ3) is 23.1. The van der Waals surface area contributed by atoms with Gasteiger partial charge in [0.25, 0.3) is 27.8 Å². The molecule has 6 aliphatic heterocycles. The van der Waals surface area contributed by atoms with Crippen molar-refractivity contribution in [1.82, 2.24) is 107 Å². The molecule has 11 aromatic heterocycles. The number of aromatic nitrogens is 22. The van der Waals surface area contributed by atoms with Crippen LogP contribution >= 0.6 is 38.7 Å². The van der Waals surface area contributed by atoms with Crippen LogP contribution in [-0.2, 0) is 121 Å². The molecule has 19 N–H and O–H groups in total. The Labute approximate surface area is 834 Å². The molecule has 6 aliphatic rings. The highest BCUT2D eigenvalue weighted by Gasteiger charge is 2.52. The second-order valence-electron chi connectivity index (χ2n) is 35.4. The second kappa shape index (κ2) is 42.2. The van der Waals surface area contributed by atoms with E-state index in [9.17, 15) is 66.8 Å². The van der Waals surface area contributed by atoms with Crippen LogP contribution in [0.2, 0.25) is 0 Å². The molecule has 0 amide bonds.